The van der Waals surface area contributed by atoms with E-state index in [1.807, 2.05) is 0 Å². The van der Waals surface area contributed by atoms with Gasteiger partial charge in [-0.2, -0.15) is 0 Å². The first-order valence-electron chi connectivity index (χ1n) is 27.0. The third-order valence-electron chi connectivity index (χ3n) is 12.4. The van der Waals surface area contributed by atoms with Crippen molar-refractivity contribution in [2.45, 2.75) is 158 Å². The molecule has 0 amide bonds. The van der Waals surface area contributed by atoms with E-state index in [2.05, 4.69) is 101 Å². The summed E-state index contributed by atoms with van der Waals surface area (Å²) in [6.45, 7) is 30.0. The molecule has 0 bridgehead atoms. The molecule has 4 aromatic heterocycles. The van der Waals surface area contributed by atoms with Crippen LogP contribution in [0.25, 0.3) is 22.8 Å². The fraction of sp³-hybridized carbons (Fsp3) is 0.552. The second-order valence-electron chi connectivity index (χ2n) is 18.4. The zero-order valence-electron chi connectivity index (χ0n) is 47.1. The van der Waals surface area contributed by atoms with E-state index in [0.29, 0.717) is 22.8 Å². The van der Waals surface area contributed by atoms with Gasteiger partial charge in [-0.1, -0.05) is 118 Å². The topological polar surface area (TPSA) is 248 Å². The molecule has 0 saturated heterocycles. The van der Waals surface area contributed by atoms with E-state index in [1.54, 1.807) is 0 Å². The molecule has 16 nitrogen and oxygen atoms in total. The number of hydrogen-bond acceptors (Lipinski definition) is 12. The number of carboxylic acid groups (broad SMARTS) is 4. The summed E-state index contributed by atoms with van der Waals surface area (Å²) in [5, 5.41) is 52.4. The van der Waals surface area contributed by atoms with Crippen molar-refractivity contribution in [3.63, 3.8) is 0 Å². The minimum Gasteiger partial charge on any atom is -0.696 e. The Morgan fingerprint density at radius 2 is 0.532 bits per heavy atom. The Labute approximate surface area is 484 Å². The molecule has 4 rings (SSSR count). The molecule has 4 N–H and O–H groups in total. The van der Waals surface area contributed by atoms with E-state index in [-0.39, 0.29) is 41.7 Å². The average Bonchev–Trinajstić information content (AvgIpc) is 3.43. The summed E-state index contributed by atoms with van der Waals surface area (Å²) in [6, 6.07) is 10.8. The van der Waals surface area contributed by atoms with Gasteiger partial charge in [0, 0.05) is 44.3 Å². The van der Waals surface area contributed by atoms with Crippen LogP contribution in [-0.4, -0.2) is 126 Å². The molecule has 0 atom stereocenters. The largest absolute Gasteiger partial charge is 0.696 e. The summed E-state index contributed by atoms with van der Waals surface area (Å²) >= 11 is 7.40. The van der Waals surface area contributed by atoms with Gasteiger partial charge in [0.25, 0.3) is 0 Å². The number of carboxylic acids is 4. The molecular weight excluding hydrogens is 1100 g/mol. The van der Waals surface area contributed by atoms with Crippen LogP contribution in [0.1, 0.15) is 200 Å². The molecule has 4 aromatic rings. The predicted octanol–water partition coefficient (Wildman–Crippen LogP) is 13.1. The molecule has 0 aromatic carbocycles. The number of aromatic nitrogens is 4. The van der Waals surface area contributed by atoms with Crippen molar-refractivity contribution in [1.29, 1.82) is 10.5 Å². The Balaban J connectivity index is -0.000000911. The summed E-state index contributed by atoms with van der Waals surface area (Å²) in [6.07, 6.45) is 27.5. The summed E-state index contributed by atoms with van der Waals surface area (Å²) in [5.41, 5.74) is 1.56. The van der Waals surface area contributed by atoms with Gasteiger partial charge in [0.1, 0.15) is 0 Å². The number of carbonyl (C=O) groups is 4. The third kappa shape index (κ3) is 34.1. The van der Waals surface area contributed by atoms with Gasteiger partial charge >= 0.3 is 23.9 Å². The van der Waals surface area contributed by atoms with Crippen molar-refractivity contribution >= 4 is 49.1 Å². The van der Waals surface area contributed by atoms with Crippen LogP contribution in [0.4, 0.5) is 0 Å². The first kappa shape index (κ1) is 75.7. The van der Waals surface area contributed by atoms with Crippen LogP contribution < -0.4 is 0 Å². The maximum absolute atomic E-state index is 10.8. The molecule has 77 heavy (non-hydrogen) atoms. The molecule has 428 valence electrons. The number of nitrogens with zero attached hydrogens (tertiary/aromatic N) is 8. The van der Waals surface area contributed by atoms with Crippen molar-refractivity contribution in [3.05, 3.63) is 95.6 Å². The normalized spacial score (nSPS) is 10.2. The Kier molecular flexibility index (Phi) is 46.8. The molecule has 0 saturated carbocycles. The van der Waals surface area contributed by atoms with Crippen molar-refractivity contribution < 1.29 is 68.0 Å². The Morgan fingerprint density at radius 3 is 0.649 bits per heavy atom. The van der Waals surface area contributed by atoms with E-state index < -0.39 is 23.9 Å². The van der Waals surface area contributed by atoms with E-state index in [4.69, 9.17) is 30.9 Å². The molecule has 4 heterocycles. The SMILES string of the molecule is CCCC[N+](CCCC)(CCCC)CCCC.CCCC[N+](CCCC)(CCCC)CCCC.N#C[S-].N#C[S-].O=C(O)c1ccnc(-c2cc(C(=O)O)ccn2)c1.O=C(O)c1ccnc(-c2cc(C(=O)O)ccn2)c1.[Ru]. The molecule has 0 radical (unpaired) electrons. The third-order valence-corrected chi connectivity index (χ3v) is 12.4. The Morgan fingerprint density at radius 1 is 0.390 bits per heavy atom. The molecule has 0 aliphatic rings. The molecule has 19 heteroatoms. The van der Waals surface area contributed by atoms with Crippen molar-refractivity contribution in [2.75, 3.05) is 52.4 Å². The van der Waals surface area contributed by atoms with Crippen LogP contribution in [0.2, 0.25) is 0 Å². The van der Waals surface area contributed by atoms with E-state index in [9.17, 15) is 19.2 Å². The molecule has 0 aliphatic carbocycles. The van der Waals surface area contributed by atoms with E-state index >= 15 is 0 Å². The monoisotopic (exact) mass is 1190 g/mol. The molecule has 0 fully saturated rings. The van der Waals surface area contributed by atoms with Crippen molar-refractivity contribution in [3.8, 4) is 33.6 Å². The standard InChI is InChI=1S/2C16H36N.2C12H8N2O4.2CHNS.Ru/c2*1-5-9-13-17(14-10-6-2,15-11-7-3)16-12-8-4;2*15-11(16)7-1-3-13-9(5-7)10-6-8(12(17)18)2-4-14-10;2*2-1-3;/h2*5-16H2,1-4H3;2*1-6H,(H,15,16)(H,17,18);2*3H;/q2*+1;;;;;/p-2. The van der Waals surface area contributed by atoms with Crippen LogP contribution in [-0.2, 0) is 44.7 Å². The van der Waals surface area contributed by atoms with Gasteiger partial charge in [-0.25, -0.2) is 29.7 Å². The maximum atomic E-state index is 10.8. The number of rotatable bonds is 30. The molecule has 0 spiro atoms. The van der Waals surface area contributed by atoms with Gasteiger partial charge in [-0.15, -0.1) is 0 Å². The van der Waals surface area contributed by atoms with Gasteiger partial charge in [0.2, 0.25) is 0 Å². The van der Waals surface area contributed by atoms with Crippen LogP contribution in [0.15, 0.2) is 73.3 Å². The smallest absolute Gasteiger partial charge is 0.335 e. The van der Waals surface area contributed by atoms with Crippen LogP contribution in [0, 0.1) is 21.3 Å². The minimum absolute atomic E-state index is 0. The Hall–Kier alpha value is -5.56. The zero-order valence-corrected chi connectivity index (χ0v) is 50.4. The quantitative estimate of drug-likeness (QED) is 0.0164. The number of pyridine rings is 4. The first-order valence-corrected chi connectivity index (χ1v) is 27.8. The van der Waals surface area contributed by atoms with Crippen molar-refractivity contribution in [2.24, 2.45) is 0 Å². The fourth-order valence-corrected chi connectivity index (χ4v) is 8.10. The summed E-state index contributed by atoms with van der Waals surface area (Å²) in [7, 11) is 0. The van der Waals surface area contributed by atoms with Gasteiger partial charge < -0.3 is 54.6 Å². The number of unbranched alkanes of at least 4 members (excludes halogenated alkanes) is 8. The van der Waals surface area contributed by atoms with Gasteiger partial charge in [-0.05, 0) is 99.9 Å². The van der Waals surface area contributed by atoms with Gasteiger partial charge in [0.15, 0.2) is 0 Å². The second-order valence-corrected chi connectivity index (χ2v) is 18.8. The zero-order chi connectivity index (χ0) is 57.6. The van der Waals surface area contributed by atoms with Crippen LogP contribution in [0.5, 0.6) is 0 Å². The number of hydrogen-bond donors (Lipinski definition) is 4. The number of thiocyanates is 2. The maximum Gasteiger partial charge on any atom is 0.335 e. The van der Waals surface area contributed by atoms with E-state index in [1.165, 1.54) is 248 Å². The number of aromatic carboxylic acids is 4. The molecule has 0 aliphatic heterocycles. The van der Waals surface area contributed by atoms with Gasteiger partial charge in [-0.3, -0.25) is 19.9 Å². The number of quaternary nitrogens is 2. The predicted molar refractivity (Wildman–Crippen MR) is 307 cm³/mol. The van der Waals surface area contributed by atoms with E-state index in [0.717, 1.165) is 0 Å². The first-order chi connectivity index (χ1) is 36.5. The Bertz CT molecular complexity index is 1970. The summed E-state index contributed by atoms with van der Waals surface area (Å²) < 4.78 is 2.84. The van der Waals surface area contributed by atoms with Crippen LogP contribution in [0.3, 0.4) is 0 Å². The summed E-state index contributed by atoms with van der Waals surface area (Å²) in [4.78, 5) is 59.2. The summed E-state index contributed by atoms with van der Waals surface area (Å²) in [5.74, 6) is -4.30. The van der Waals surface area contributed by atoms with Crippen molar-refractivity contribution in [1.82, 2.24) is 19.9 Å². The molecule has 0 unspecified atom stereocenters. The molecular formula is C58H88N8O8RuS2. The minimum atomic E-state index is -1.08. The average molecular weight is 1190 g/mol. The van der Waals surface area contributed by atoms with Gasteiger partial charge in [0.05, 0.1) is 97.4 Å². The second kappa shape index (κ2) is 47.6. The number of nitriles is 2. The fourth-order valence-electron chi connectivity index (χ4n) is 8.10. The van der Waals surface area contributed by atoms with Crippen LogP contribution >= 0.6 is 0 Å².